The molecule has 1 unspecified atom stereocenters. The highest BCUT2D eigenvalue weighted by atomic mass is 16.6. The zero-order chi connectivity index (χ0) is 12.3. The predicted octanol–water partition coefficient (Wildman–Crippen LogP) is 3.35. The minimum atomic E-state index is -0.429. The average molecular weight is 225 g/mol. The van der Waals surface area contributed by atoms with Crippen LogP contribution in [0.25, 0.3) is 0 Å². The Balaban J connectivity index is 2.59. The first-order valence-electron chi connectivity index (χ1n) is 5.95. The van der Waals surface area contributed by atoms with Gasteiger partial charge in [0.15, 0.2) is 0 Å². The number of nitrogens with zero attached hydrogens (tertiary/aromatic N) is 1. The third-order valence-electron chi connectivity index (χ3n) is 2.85. The summed E-state index contributed by atoms with van der Waals surface area (Å²) in [6, 6.07) is 0.156. The Bertz CT molecular complexity index is 278. The van der Waals surface area contributed by atoms with Gasteiger partial charge < -0.3 is 9.64 Å². The van der Waals surface area contributed by atoms with Crippen molar-refractivity contribution < 1.29 is 9.53 Å². The van der Waals surface area contributed by atoms with Crippen LogP contribution in [-0.4, -0.2) is 29.7 Å². The lowest BCUT2D eigenvalue weighted by Crippen LogP contribution is -2.42. The zero-order valence-corrected chi connectivity index (χ0v) is 10.9. The standard InChI is InChI=1S/C13H23NO2/c1-10-8-6-7-9-11(10)14(5)12(15)16-13(2,3)4/h11H,1,6-9H2,2-5H3. The minimum Gasteiger partial charge on any atom is -0.444 e. The van der Waals surface area contributed by atoms with Gasteiger partial charge in [-0.25, -0.2) is 4.79 Å². The molecule has 1 rings (SSSR count). The van der Waals surface area contributed by atoms with Gasteiger partial charge in [-0.1, -0.05) is 18.6 Å². The van der Waals surface area contributed by atoms with E-state index in [1.165, 1.54) is 6.42 Å². The van der Waals surface area contributed by atoms with Crippen LogP contribution in [0.3, 0.4) is 0 Å². The molecule has 1 aliphatic rings. The van der Waals surface area contributed by atoms with Crippen LogP contribution in [0.1, 0.15) is 46.5 Å². The highest BCUT2D eigenvalue weighted by Gasteiger charge is 2.28. The Morgan fingerprint density at radius 2 is 2.06 bits per heavy atom. The Kier molecular flexibility index (Phi) is 4.00. The topological polar surface area (TPSA) is 29.5 Å². The van der Waals surface area contributed by atoms with Gasteiger partial charge in [0, 0.05) is 7.05 Å². The number of carbonyl (C=O) groups is 1. The Labute approximate surface area is 98.5 Å². The fourth-order valence-corrected chi connectivity index (χ4v) is 1.99. The molecule has 0 spiro atoms. The maximum atomic E-state index is 11.9. The highest BCUT2D eigenvalue weighted by molar-refractivity contribution is 5.68. The second-order valence-corrected chi connectivity index (χ2v) is 5.51. The van der Waals surface area contributed by atoms with E-state index >= 15 is 0 Å². The van der Waals surface area contributed by atoms with E-state index in [-0.39, 0.29) is 12.1 Å². The molecule has 0 aromatic rings. The number of amides is 1. The maximum absolute atomic E-state index is 11.9. The molecule has 3 nitrogen and oxygen atoms in total. The lowest BCUT2D eigenvalue weighted by Gasteiger charge is -2.34. The van der Waals surface area contributed by atoms with Crippen LogP contribution in [0, 0.1) is 0 Å². The average Bonchev–Trinajstić information content (AvgIpc) is 2.15. The third-order valence-corrected chi connectivity index (χ3v) is 2.85. The molecular formula is C13H23NO2. The molecule has 1 atom stereocenters. The first-order chi connectivity index (χ1) is 7.31. The molecule has 3 heteroatoms. The van der Waals surface area contributed by atoms with Crippen molar-refractivity contribution in [2.45, 2.75) is 58.1 Å². The highest BCUT2D eigenvalue weighted by Crippen LogP contribution is 2.26. The van der Waals surface area contributed by atoms with Gasteiger partial charge in [0.2, 0.25) is 0 Å². The quantitative estimate of drug-likeness (QED) is 0.640. The van der Waals surface area contributed by atoms with E-state index in [9.17, 15) is 4.79 Å². The summed E-state index contributed by atoms with van der Waals surface area (Å²) in [6.07, 6.45) is 4.14. The van der Waals surface area contributed by atoms with Crippen LogP contribution < -0.4 is 0 Å². The van der Waals surface area contributed by atoms with Gasteiger partial charge in [0.05, 0.1) is 6.04 Å². The minimum absolute atomic E-state index is 0.156. The van der Waals surface area contributed by atoms with Crippen molar-refractivity contribution in [2.24, 2.45) is 0 Å². The van der Waals surface area contributed by atoms with Crippen molar-refractivity contribution in [2.75, 3.05) is 7.05 Å². The lowest BCUT2D eigenvalue weighted by molar-refractivity contribution is 0.0231. The maximum Gasteiger partial charge on any atom is 0.410 e. The normalized spacial score (nSPS) is 21.8. The summed E-state index contributed by atoms with van der Waals surface area (Å²) in [7, 11) is 1.80. The number of ether oxygens (including phenoxy) is 1. The van der Waals surface area contributed by atoms with Gasteiger partial charge >= 0.3 is 6.09 Å². The van der Waals surface area contributed by atoms with Crippen molar-refractivity contribution in [1.82, 2.24) is 4.90 Å². The van der Waals surface area contributed by atoms with Crippen LogP contribution in [0.15, 0.2) is 12.2 Å². The molecule has 1 aliphatic carbocycles. The van der Waals surface area contributed by atoms with Gasteiger partial charge in [-0.3, -0.25) is 0 Å². The van der Waals surface area contributed by atoms with Crippen LogP contribution in [0.4, 0.5) is 4.79 Å². The van der Waals surface area contributed by atoms with Crippen molar-refractivity contribution >= 4 is 6.09 Å². The molecular weight excluding hydrogens is 202 g/mol. The summed E-state index contributed by atoms with van der Waals surface area (Å²) in [5.74, 6) is 0. The molecule has 1 saturated carbocycles. The molecule has 0 aliphatic heterocycles. The van der Waals surface area contributed by atoms with E-state index in [1.54, 1.807) is 11.9 Å². The SMILES string of the molecule is C=C1CCCCC1N(C)C(=O)OC(C)(C)C. The molecule has 0 radical (unpaired) electrons. The van der Waals surface area contributed by atoms with Gasteiger partial charge in [0.25, 0.3) is 0 Å². The Hall–Kier alpha value is -0.990. The molecule has 0 bridgehead atoms. The second kappa shape index (κ2) is 4.89. The number of carbonyl (C=O) groups excluding carboxylic acids is 1. The van der Waals surface area contributed by atoms with Gasteiger partial charge in [0.1, 0.15) is 5.60 Å². The largest absolute Gasteiger partial charge is 0.444 e. The molecule has 92 valence electrons. The first-order valence-corrected chi connectivity index (χ1v) is 5.95. The summed E-state index contributed by atoms with van der Waals surface area (Å²) in [6.45, 7) is 9.70. The molecule has 0 aromatic heterocycles. The third kappa shape index (κ3) is 3.54. The molecule has 0 saturated heterocycles. The molecule has 16 heavy (non-hydrogen) atoms. The van der Waals surface area contributed by atoms with E-state index in [2.05, 4.69) is 6.58 Å². The monoisotopic (exact) mass is 225 g/mol. The predicted molar refractivity (Wildman–Crippen MR) is 65.4 cm³/mol. The first kappa shape index (κ1) is 13.1. The van der Waals surface area contributed by atoms with E-state index in [4.69, 9.17) is 4.74 Å². The molecule has 0 heterocycles. The molecule has 0 aromatic carbocycles. The Morgan fingerprint density at radius 1 is 1.44 bits per heavy atom. The summed E-state index contributed by atoms with van der Waals surface area (Å²) in [5.41, 5.74) is 0.723. The number of hydrogen-bond donors (Lipinski definition) is 0. The molecule has 0 N–H and O–H groups in total. The fourth-order valence-electron chi connectivity index (χ4n) is 1.99. The smallest absolute Gasteiger partial charge is 0.410 e. The fraction of sp³-hybridized carbons (Fsp3) is 0.769. The second-order valence-electron chi connectivity index (χ2n) is 5.51. The van der Waals surface area contributed by atoms with Gasteiger partial charge in [-0.05, 0) is 40.0 Å². The van der Waals surface area contributed by atoms with E-state index in [0.717, 1.165) is 24.8 Å². The zero-order valence-electron chi connectivity index (χ0n) is 10.9. The van der Waals surface area contributed by atoms with E-state index in [1.807, 2.05) is 20.8 Å². The van der Waals surface area contributed by atoms with Crippen LogP contribution >= 0.6 is 0 Å². The molecule has 1 amide bonds. The summed E-state index contributed by atoms with van der Waals surface area (Å²) in [5, 5.41) is 0. The van der Waals surface area contributed by atoms with Crippen molar-refractivity contribution in [3.63, 3.8) is 0 Å². The number of likely N-dealkylation sites (N-methyl/N-ethyl adjacent to an activating group) is 1. The van der Waals surface area contributed by atoms with Gasteiger partial charge in [-0.2, -0.15) is 0 Å². The lowest BCUT2D eigenvalue weighted by atomic mass is 9.90. The van der Waals surface area contributed by atoms with E-state index in [0.29, 0.717) is 0 Å². The molecule has 1 fully saturated rings. The van der Waals surface area contributed by atoms with Crippen molar-refractivity contribution in [3.05, 3.63) is 12.2 Å². The van der Waals surface area contributed by atoms with Crippen LogP contribution in [0.5, 0.6) is 0 Å². The van der Waals surface area contributed by atoms with Gasteiger partial charge in [-0.15, -0.1) is 0 Å². The van der Waals surface area contributed by atoms with Crippen LogP contribution in [0.2, 0.25) is 0 Å². The summed E-state index contributed by atoms with van der Waals surface area (Å²) in [4.78, 5) is 13.6. The Morgan fingerprint density at radius 3 is 2.56 bits per heavy atom. The summed E-state index contributed by atoms with van der Waals surface area (Å²) >= 11 is 0. The van der Waals surface area contributed by atoms with Crippen molar-refractivity contribution in [1.29, 1.82) is 0 Å². The van der Waals surface area contributed by atoms with Crippen molar-refractivity contribution in [3.8, 4) is 0 Å². The number of rotatable bonds is 1. The summed E-state index contributed by atoms with van der Waals surface area (Å²) < 4.78 is 5.35. The number of hydrogen-bond acceptors (Lipinski definition) is 2. The van der Waals surface area contributed by atoms with E-state index < -0.39 is 5.60 Å². The van der Waals surface area contributed by atoms with Crippen LogP contribution in [-0.2, 0) is 4.74 Å².